The average molecular weight is 495 g/mol. The Bertz CT molecular complexity index is 1350. The van der Waals surface area contributed by atoms with Crippen LogP contribution in [0.4, 0.5) is 4.79 Å². The number of carbonyl (C=O) groups is 2. The van der Waals surface area contributed by atoms with Gasteiger partial charge in [-0.25, -0.2) is 9.59 Å². The van der Waals surface area contributed by atoms with Crippen molar-refractivity contribution in [3.05, 3.63) is 69.6 Å². The first-order valence-electron chi connectivity index (χ1n) is 11.9. The number of phenols is 2. The summed E-state index contributed by atoms with van der Waals surface area (Å²) in [5.41, 5.74) is 0.677. The van der Waals surface area contributed by atoms with E-state index in [1.807, 2.05) is 39.0 Å². The summed E-state index contributed by atoms with van der Waals surface area (Å²) in [4.78, 5) is 38.9. The smallest absolute Gasteiger partial charge is 0.407 e. The second-order valence-electron chi connectivity index (χ2n) is 9.96. The van der Waals surface area contributed by atoms with Crippen molar-refractivity contribution >= 4 is 23.0 Å². The van der Waals surface area contributed by atoms with Gasteiger partial charge in [-0.15, -0.1) is 0 Å². The first kappa shape index (κ1) is 25.1. The molecule has 9 nitrogen and oxygen atoms in total. The van der Waals surface area contributed by atoms with E-state index in [0.29, 0.717) is 19.6 Å². The van der Waals surface area contributed by atoms with Crippen molar-refractivity contribution in [1.82, 2.24) is 10.2 Å². The van der Waals surface area contributed by atoms with Gasteiger partial charge in [-0.05, 0) is 62.8 Å². The number of benzene rings is 2. The number of phenolic OH excluding ortho intramolecular Hbond substituents is 2. The van der Waals surface area contributed by atoms with Gasteiger partial charge in [0, 0.05) is 31.1 Å². The van der Waals surface area contributed by atoms with E-state index in [4.69, 9.17) is 9.15 Å². The lowest BCUT2D eigenvalue weighted by atomic mass is 9.88. The Kier molecular flexibility index (Phi) is 6.92. The fraction of sp³-hybridized carbons (Fsp3) is 0.370. The highest BCUT2D eigenvalue weighted by Crippen LogP contribution is 2.35. The molecule has 0 atom stereocenters. The summed E-state index contributed by atoms with van der Waals surface area (Å²) in [6.45, 7) is 6.79. The van der Waals surface area contributed by atoms with Gasteiger partial charge in [0.1, 0.15) is 5.60 Å². The molecule has 1 aliphatic heterocycles. The quantitative estimate of drug-likeness (QED) is 0.365. The maximum atomic E-state index is 13.3. The Hall–Kier alpha value is -4.01. The molecule has 2 aromatic carbocycles. The van der Waals surface area contributed by atoms with Crippen molar-refractivity contribution in [3.8, 4) is 11.5 Å². The number of nitrogens with zero attached hydrogens (tertiary/aromatic N) is 1. The van der Waals surface area contributed by atoms with Gasteiger partial charge in [-0.2, -0.15) is 0 Å². The molecule has 2 heterocycles. The van der Waals surface area contributed by atoms with Crippen LogP contribution in [-0.4, -0.2) is 45.8 Å². The number of hydrogen-bond acceptors (Lipinski definition) is 7. The van der Waals surface area contributed by atoms with Gasteiger partial charge >= 0.3 is 11.7 Å². The van der Waals surface area contributed by atoms with Gasteiger partial charge in [0.2, 0.25) is 5.75 Å². The molecular weight excluding hydrogens is 464 g/mol. The molecular formula is C27H30N2O7. The van der Waals surface area contributed by atoms with Crippen LogP contribution in [0.3, 0.4) is 0 Å². The normalized spacial score (nSPS) is 14.6. The Morgan fingerprint density at radius 3 is 2.53 bits per heavy atom. The van der Waals surface area contributed by atoms with Crippen LogP contribution in [0, 0.1) is 0 Å². The Morgan fingerprint density at radius 2 is 1.83 bits per heavy atom. The van der Waals surface area contributed by atoms with Crippen molar-refractivity contribution in [2.75, 3.05) is 13.1 Å². The molecule has 190 valence electrons. The highest BCUT2D eigenvalue weighted by atomic mass is 16.6. The largest absolute Gasteiger partial charge is 0.504 e. The minimum atomic E-state index is -0.779. The summed E-state index contributed by atoms with van der Waals surface area (Å²) in [6.07, 6.45) is 1.01. The molecule has 4 rings (SSSR count). The number of rotatable bonds is 4. The monoisotopic (exact) mass is 494 g/mol. The summed E-state index contributed by atoms with van der Waals surface area (Å²) in [5.74, 6) is -1.08. The summed E-state index contributed by atoms with van der Waals surface area (Å²) in [7, 11) is 0. The number of alkyl carbamates (subject to hydrolysis) is 1. The lowest BCUT2D eigenvalue weighted by Gasteiger charge is -2.32. The second-order valence-corrected chi connectivity index (χ2v) is 9.96. The minimum Gasteiger partial charge on any atom is -0.504 e. The van der Waals surface area contributed by atoms with Crippen LogP contribution in [0.1, 0.15) is 61.0 Å². The molecule has 3 N–H and O–H groups in total. The Balaban J connectivity index is 1.42. The summed E-state index contributed by atoms with van der Waals surface area (Å²) < 4.78 is 10.3. The first-order chi connectivity index (χ1) is 17.0. The molecule has 0 bridgehead atoms. The van der Waals surface area contributed by atoms with E-state index in [2.05, 4.69) is 11.4 Å². The van der Waals surface area contributed by atoms with Gasteiger partial charge in [0.25, 0.3) is 5.91 Å². The molecule has 0 saturated carbocycles. The first-order valence-corrected chi connectivity index (χ1v) is 11.9. The standard InChI is InChI=1S/C27H30N2O7/c1-27(2,3)36-26(34)28-15-16-5-4-6-18(13-16)17-9-11-29(12-10-17)25(33)20-14-22(31)35-24-19(20)7-8-21(30)23(24)32/h4-8,13-14,17,30,32H,9-12,15H2,1-3H3,(H,28,34). The predicted molar refractivity (Wildman–Crippen MR) is 133 cm³/mol. The average Bonchev–Trinajstić information content (AvgIpc) is 2.84. The maximum absolute atomic E-state index is 13.3. The second kappa shape index (κ2) is 9.93. The Morgan fingerprint density at radius 1 is 1.11 bits per heavy atom. The van der Waals surface area contributed by atoms with Crippen LogP contribution in [-0.2, 0) is 11.3 Å². The van der Waals surface area contributed by atoms with E-state index in [1.165, 1.54) is 12.1 Å². The lowest BCUT2D eigenvalue weighted by Crippen LogP contribution is -2.38. The molecule has 1 saturated heterocycles. The summed E-state index contributed by atoms with van der Waals surface area (Å²) in [5, 5.41) is 22.8. The molecule has 1 aromatic heterocycles. The minimum absolute atomic E-state index is 0.130. The van der Waals surface area contributed by atoms with Crippen LogP contribution in [0.5, 0.6) is 11.5 Å². The zero-order chi connectivity index (χ0) is 26.0. The molecule has 0 unspecified atom stereocenters. The van der Waals surface area contributed by atoms with Crippen molar-refractivity contribution in [1.29, 1.82) is 0 Å². The maximum Gasteiger partial charge on any atom is 0.407 e. The highest BCUT2D eigenvalue weighted by Gasteiger charge is 2.27. The number of hydrogen-bond donors (Lipinski definition) is 3. The summed E-state index contributed by atoms with van der Waals surface area (Å²) in [6, 6.07) is 11.8. The van der Waals surface area contributed by atoms with E-state index in [-0.39, 0.29) is 28.4 Å². The molecule has 36 heavy (non-hydrogen) atoms. The number of ether oxygens (including phenoxy) is 1. The third-order valence-electron chi connectivity index (χ3n) is 6.14. The zero-order valence-corrected chi connectivity index (χ0v) is 20.5. The lowest BCUT2D eigenvalue weighted by molar-refractivity contribution is 0.0523. The molecule has 0 spiro atoms. The van der Waals surface area contributed by atoms with E-state index in [9.17, 15) is 24.6 Å². The highest BCUT2D eigenvalue weighted by molar-refractivity contribution is 6.07. The molecule has 2 amide bonds. The Labute approximate surface area is 208 Å². The predicted octanol–water partition coefficient (Wildman–Crippen LogP) is 4.25. The van der Waals surface area contributed by atoms with Gasteiger partial charge in [-0.3, -0.25) is 4.79 Å². The van der Waals surface area contributed by atoms with E-state index in [0.717, 1.165) is 30.0 Å². The molecule has 0 aliphatic carbocycles. The fourth-order valence-corrected chi connectivity index (χ4v) is 4.41. The van der Waals surface area contributed by atoms with Crippen molar-refractivity contribution in [3.63, 3.8) is 0 Å². The van der Waals surface area contributed by atoms with E-state index >= 15 is 0 Å². The summed E-state index contributed by atoms with van der Waals surface area (Å²) >= 11 is 0. The number of carbonyl (C=O) groups excluding carboxylic acids is 2. The van der Waals surface area contributed by atoms with Crippen LogP contribution >= 0.6 is 0 Å². The molecule has 0 radical (unpaired) electrons. The zero-order valence-electron chi connectivity index (χ0n) is 20.5. The van der Waals surface area contributed by atoms with Crippen molar-refractivity contribution in [2.24, 2.45) is 0 Å². The molecule has 1 aliphatic rings. The third kappa shape index (κ3) is 5.62. The molecule has 1 fully saturated rings. The number of fused-ring (bicyclic) bond motifs is 1. The van der Waals surface area contributed by atoms with E-state index < -0.39 is 28.8 Å². The van der Waals surface area contributed by atoms with Crippen molar-refractivity contribution < 1.29 is 29.0 Å². The number of aromatic hydroxyl groups is 2. The van der Waals surface area contributed by atoms with Crippen LogP contribution in [0.25, 0.3) is 11.0 Å². The van der Waals surface area contributed by atoms with Gasteiger partial charge in [0.15, 0.2) is 11.3 Å². The molecule has 3 aromatic rings. The van der Waals surface area contributed by atoms with Crippen LogP contribution in [0.2, 0.25) is 0 Å². The van der Waals surface area contributed by atoms with Crippen molar-refractivity contribution in [2.45, 2.75) is 51.7 Å². The number of nitrogens with one attached hydrogen (secondary N) is 1. The van der Waals surface area contributed by atoms with Crippen LogP contribution in [0.15, 0.2) is 51.7 Å². The van der Waals surface area contributed by atoms with Gasteiger partial charge < -0.3 is 29.6 Å². The fourth-order valence-electron chi connectivity index (χ4n) is 4.41. The van der Waals surface area contributed by atoms with E-state index in [1.54, 1.807) is 4.90 Å². The van der Waals surface area contributed by atoms with Crippen LogP contribution < -0.4 is 10.9 Å². The number of piperidine rings is 1. The van der Waals surface area contributed by atoms with Gasteiger partial charge in [0.05, 0.1) is 5.56 Å². The SMILES string of the molecule is CC(C)(C)OC(=O)NCc1cccc(C2CCN(C(=O)c3cc(=O)oc4c(O)c(O)ccc34)CC2)c1. The number of amides is 2. The third-order valence-corrected chi connectivity index (χ3v) is 6.14. The topological polar surface area (TPSA) is 129 Å². The van der Waals surface area contributed by atoms with Gasteiger partial charge in [-0.1, -0.05) is 24.3 Å². The molecule has 9 heteroatoms. The number of likely N-dealkylation sites (tertiary alicyclic amines) is 1.